The van der Waals surface area contributed by atoms with Crippen molar-refractivity contribution in [1.29, 1.82) is 0 Å². The minimum absolute atomic E-state index is 0.0236. The molecular weight excluding hydrogens is 410 g/mol. The van der Waals surface area contributed by atoms with Crippen molar-refractivity contribution in [2.45, 2.75) is 51.0 Å². The van der Waals surface area contributed by atoms with Gasteiger partial charge in [0.25, 0.3) is 0 Å². The molecule has 1 aromatic rings. The van der Waals surface area contributed by atoms with Gasteiger partial charge in [0.05, 0.1) is 36.3 Å². The number of ether oxygens (including phenoxy) is 1. The molecule has 0 unspecified atom stereocenters. The van der Waals surface area contributed by atoms with Gasteiger partial charge >= 0.3 is 6.03 Å². The van der Waals surface area contributed by atoms with Crippen LogP contribution >= 0.6 is 0 Å². The highest BCUT2D eigenvalue weighted by atomic mass is 32.2. The van der Waals surface area contributed by atoms with Crippen LogP contribution in [0.2, 0.25) is 0 Å². The Bertz CT molecular complexity index is 865. The molecule has 0 spiro atoms. The average Bonchev–Trinajstić information content (AvgIpc) is 3.17. The molecule has 3 heterocycles. The first kappa shape index (κ1) is 22.7. The van der Waals surface area contributed by atoms with E-state index in [1.165, 1.54) is 0 Å². The lowest BCUT2D eigenvalue weighted by molar-refractivity contribution is -0.124. The fourth-order valence-electron chi connectivity index (χ4n) is 4.02. The van der Waals surface area contributed by atoms with Gasteiger partial charge in [-0.2, -0.15) is 0 Å². The summed E-state index contributed by atoms with van der Waals surface area (Å²) in [6.45, 7) is 5.28. The summed E-state index contributed by atoms with van der Waals surface area (Å²) in [4.78, 5) is 29.2. The zero-order valence-electron chi connectivity index (χ0n) is 17.9. The van der Waals surface area contributed by atoms with Crippen molar-refractivity contribution in [1.82, 2.24) is 15.0 Å². The average molecular weight is 442 g/mol. The quantitative estimate of drug-likeness (QED) is 0.656. The summed E-state index contributed by atoms with van der Waals surface area (Å²) in [5.41, 5.74) is 0.186. The van der Waals surface area contributed by atoms with Crippen molar-refractivity contribution in [3.8, 4) is 0 Å². The van der Waals surface area contributed by atoms with E-state index in [2.05, 4.69) is 5.16 Å². The second-order valence-electron chi connectivity index (χ2n) is 8.77. The molecule has 0 aliphatic carbocycles. The summed E-state index contributed by atoms with van der Waals surface area (Å²) in [6, 6.07) is 1.02. The minimum atomic E-state index is -3.07. The Balaban J connectivity index is 1.67. The van der Waals surface area contributed by atoms with Crippen molar-refractivity contribution >= 4 is 21.7 Å². The lowest BCUT2D eigenvalue weighted by Crippen LogP contribution is -2.56. The molecule has 0 saturated carbocycles. The van der Waals surface area contributed by atoms with E-state index in [-0.39, 0.29) is 48.2 Å². The number of nitrogens with zero attached hydrogens (tertiary/aromatic N) is 3. The zero-order valence-corrected chi connectivity index (χ0v) is 18.7. The number of Topliss-reactive ketones (excluding diaryl/α,β-unsaturated/α-hetero) is 1. The number of hydrogen-bond acceptors (Lipinski definition) is 7. The molecule has 1 atom stereocenters. The lowest BCUT2D eigenvalue weighted by atomic mass is 9.90. The molecule has 10 heteroatoms. The van der Waals surface area contributed by atoms with Crippen LogP contribution in [0.5, 0.6) is 0 Å². The number of sulfone groups is 1. The van der Waals surface area contributed by atoms with Gasteiger partial charge < -0.3 is 19.1 Å². The second-order valence-corrected chi connectivity index (χ2v) is 11.1. The van der Waals surface area contributed by atoms with Gasteiger partial charge in [-0.25, -0.2) is 13.2 Å². The number of methoxy groups -OCH3 is 1. The summed E-state index contributed by atoms with van der Waals surface area (Å²) in [5, 5.41) is 4.04. The molecular formula is C20H31N3O6S. The van der Waals surface area contributed by atoms with E-state index in [1.54, 1.807) is 23.0 Å². The van der Waals surface area contributed by atoms with Crippen LogP contribution in [0.15, 0.2) is 10.6 Å². The topological polar surface area (TPSA) is 110 Å². The number of urea groups is 1. The normalized spacial score (nSPS) is 22.2. The maximum absolute atomic E-state index is 13.0. The van der Waals surface area contributed by atoms with Gasteiger partial charge in [-0.05, 0) is 19.3 Å². The van der Waals surface area contributed by atoms with Crippen LogP contribution in [0.4, 0.5) is 4.79 Å². The van der Waals surface area contributed by atoms with Gasteiger partial charge in [0, 0.05) is 38.2 Å². The fourth-order valence-corrected chi connectivity index (χ4v) is 5.22. The summed E-state index contributed by atoms with van der Waals surface area (Å²) in [5.74, 6) is 0.532. The Morgan fingerprint density at radius 3 is 2.60 bits per heavy atom. The zero-order chi connectivity index (χ0) is 21.9. The van der Waals surface area contributed by atoms with Gasteiger partial charge in [0.1, 0.15) is 5.76 Å². The molecule has 2 fully saturated rings. The molecule has 2 saturated heterocycles. The van der Waals surface area contributed by atoms with Gasteiger partial charge in [-0.3, -0.25) is 4.79 Å². The highest BCUT2D eigenvalue weighted by Gasteiger charge is 2.36. The van der Waals surface area contributed by atoms with Crippen LogP contribution in [-0.2, 0) is 31.2 Å². The first-order valence-corrected chi connectivity index (χ1v) is 12.2. The number of ketones is 1. The monoisotopic (exact) mass is 441 g/mol. The van der Waals surface area contributed by atoms with Crippen LogP contribution in [0, 0.1) is 0 Å². The maximum atomic E-state index is 13.0. The van der Waals surface area contributed by atoms with Gasteiger partial charge in [0.15, 0.2) is 15.6 Å². The van der Waals surface area contributed by atoms with Gasteiger partial charge in [-0.15, -0.1) is 0 Å². The fraction of sp³-hybridized carbons (Fsp3) is 0.750. The predicted molar refractivity (Wildman–Crippen MR) is 110 cm³/mol. The van der Waals surface area contributed by atoms with Crippen molar-refractivity contribution in [3.05, 3.63) is 17.5 Å². The van der Waals surface area contributed by atoms with E-state index >= 15 is 0 Å². The van der Waals surface area contributed by atoms with Gasteiger partial charge in [-0.1, -0.05) is 19.0 Å². The molecule has 2 aliphatic heterocycles. The highest BCUT2D eigenvalue weighted by Crippen LogP contribution is 2.26. The van der Waals surface area contributed by atoms with Gasteiger partial charge in [0.2, 0.25) is 0 Å². The Hall–Kier alpha value is -1.94. The molecule has 0 aromatic carbocycles. The Kier molecular flexibility index (Phi) is 6.86. The number of aromatic nitrogens is 1. The smallest absolute Gasteiger partial charge is 0.320 e. The molecule has 0 N–H and O–H groups in total. The number of carbonyl (C=O) groups is 2. The van der Waals surface area contributed by atoms with Crippen LogP contribution in [-0.4, -0.2) is 86.1 Å². The Morgan fingerprint density at radius 1 is 1.23 bits per heavy atom. The van der Waals surface area contributed by atoms with Crippen LogP contribution < -0.4 is 0 Å². The van der Waals surface area contributed by atoms with Crippen molar-refractivity contribution in [2.75, 3.05) is 44.9 Å². The number of likely N-dealkylation sites (tertiary alicyclic amines) is 1. The first-order chi connectivity index (χ1) is 14.1. The summed E-state index contributed by atoms with van der Waals surface area (Å²) in [6.07, 6.45) is 2.41. The third kappa shape index (κ3) is 5.21. The van der Waals surface area contributed by atoms with E-state index in [0.717, 1.165) is 12.8 Å². The first-order valence-electron chi connectivity index (χ1n) is 10.4. The molecule has 168 valence electrons. The van der Waals surface area contributed by atoms with E-state index in [9.17, 15) is 18.0 Å². The molecule has 30 heavy (non-hydrogen) atoms. The Labute approximate surface area is 177 Å². The standard InChI is InChI=1S/C20H31N3O6S/c1-20(2,14-28-3)18-13-15(21-29-18)12-17(24)16-6-4-5-7-23(16)19(25)22-8-10-30(26,27)11-9-22/h13,16H,4-12,14H2,1-3H3/t16-/m0/s1. The van der Waals surface area contributed by atoms with Crippen molar-refractivity contribution in [3.63, 3.8) is 0 Å². The predicted octanol–water partition coefficient (Wildman–Crippen LogP) is 1.42. The lowest BCUT2D eigenvalue weighted by Gasteiger charge is -2.39. The molecule has 3 rings (SSSR count). The van der Waals surface area contributed by atoms with E-state index in [4.69, 9.17) is 9.26 Å². The third-order valence-corrected chi connectivity index (χ3v) is 7.43. The third-order valence-electron chi connectivity index (χ3n) is 5.82. The van der Waals surface area contributed by atoms with Crippen LogP contribution in [0.25, 0.3) is 0 Å². The summed E-state index contributed by atoms with van der Waals surface area (Å²) in [7, 11) is -1.45. The highest BCUT2D eigenvalue weighted by molar-refractivity contribution is 7.91. The largest absolute Gasteiger partial charge is 0.384 e. The molecule has 0 radical (unpaired) electrons. The maximum Gasteiger partial charge on any atom is 0.320 e. The van der Waals surface area contributed by atoms with Crippen molar-refractivity contribution < 1.29 is 27.3 Å². The number of carbonyl (C=O) groups excluding carboxylic acids is 2. The van der Waals surface area contributed by atoms with E-state index < -0.39 is 15.9 Å². The number of rotatable bonds is 6. The van der Waals surface area contributed by atoms with E-state index in [1.807, 2.05) is 13.8 Å². The van der Waals surface area contributed by atoms with E-state index in [0.29, 0.717) is 31.0 Å². The van der Waals surface area contributed by atoms with Crippen LogP contribution in [0.3, 0.4) is 0 Å². The molecule has 2 amide bonds. The number of piperidine rings is 1. The minimum Gasteiger partial charge on any atom is -0.384 e. The molecule has 2 aliphatic rings. The SMILES string of the molecule is COCC(C)(C)c1cc(CC(=O)[C@@H]2CCCCN2C(=O)N2CCS(=O)(=O)CC2)no1. The molecule has 0 bridgehead atoms. The molecule has 9 nitrogen and oxygen atoms in total. The number of amides is 2. The van der Waals surface area contributed by atoms with Crippen molar-refractivity contribution in [2.24, 2.45) is 0 Å². The summed E-state index contributed by atoms with van der Waals surface area (Å²) < 4.78 is 34.0. The second kappa shape index (κ2) is 9.05. The van der Waals surface area contributed by atoms with Crippen LogP contribution in [0.1, 0.15) is 44.6 Å². The Morgan fingerprint density at radius 2 is 1.93 bits per heavy atom. The summed E-state index contributed by atoms with van der Waals surface area (Å²) >= 11 is 0. The molecule has 1 aromatic heterocycles. The number of hydrogen-bond donors (Lipinski definition) is 0.